The van der Waals surface area contributed by atoms with Gasteiger partial charge in [-0.3, -0.25) is 9.59 Å². The molecule has 126 valence electrons. The number of hydrogen-bond donors (Lipinski definition) is 1. The van der Waals surface area contributed by atoms with Crippen LogP contribution in [0.15, 0.2) is 11.6 Å². The third kappa shape index (κ3) is 7.10. The van der Waals surface area contributed by atoms with Crippen LogP contribution in [0.2, 0.25) is 0 Å². The lowest BCUT2D eigenvalue weighted by atomic mass is 9.97. The van der Waals surface area contributed by atoms with E-state index in [-0.39, 0.29) is 17.7 Å². The second-order valence-corrected chi connectivity index (χ2v) is 6.29. The van der Waals surface area contributed by atoms with Gasteiger partial charge < -0.3 is 10.2 Å². The van der Waals surface area contributed by atoms with Crippen LogP contribution in [0.4, 0.5) is 0 Å². The molecule has 0 saturated carbocycles. The quantitative estimate of drug-likeness (QED) is 0.665. The fourth-order valence-electron chi connectivity index (χ4n) is 2.96. The zero-order chi connectivity index (χ0) is 16.4. The normalized spacial score (nSPS) is 15.9. The molecule has 0 radical (unpaired) electrons. The van der Waals surface area contributed by atoms with Crippen LogP contribution in [-0.2, 0) is 9.59 Å². The van der Waals surface area contributed by atoms with Crippen molar-refractivity contribution in [3.63, 3.8) is 0 Å². The third-order valence-electron chi connectivity index (χ3n) is 4.33. The topological polar surface area (TPSA) is 49.4 Å². The van der Waals surface area contributed by atoms with Gasteiger partial charge in [-0.15, -0.1) is 0 Å². The van der Waals surface area contributed by atoms with Crippen molar-refractivity contribution >= 4 is 11.8 Å². The van der Waals surface area contributed by atoms with Gasteiger partial charge in [0.1, 0.15) is 0 Å². The highest BCUT2D eigenvalue weighted by Crippen LogP contribution is 2.19. The van der Waals surface area contributed by atoms with Crippen LogP contribution in [0.1, 0.15) is 65.7 Å². The summed E-state index contributed by atoms with van der Waals surface area (Å²) in [6.07, 6.45) is 9.14. The summed E-state index contributed by atoms with van der Waals surface area (Å²) in [7, 11) is 0. The molecular formula is C18H32N2O2. The Labute approximate surface area is 135 Å². The van der Waals surface area contributed by atoms with Crippen molar-refractivity contribution in [1.29, 1.82) is 0 Å². The highest BCUT2D eigenvalue weighted by molar-refractivity contribution is 5.79. The average molecular weight is 308 g/mol. The van der Waals surface area contributed by atoms with Gasteiger partial charge in [0.15, 0.2) is 0 Å². The van der Waals surface area contributed by atoms with Crippen LogP contribution < -0.4 is 5.32 Å². The van der Waals surface area contributed by atoms with Crippen LogP contribution in [-0.4, -0.2) is 36.3 Å². The van der Waals surface area contributed by atoms with Gasteiger partial charge in [-0.05, 0) is 51.9 Å². The number of carbonyl (C=O) groups is 2. The smallest absolute Gasteiger partial charge is 0.222 e. The van der Waals surface area contributed by atoms with Crippen LogP contribution >= 0.6 is 0 Å². The summed E-state index contributed by atoms with van der Waals surface area (Å²) in [6, 6.07) is 0. The number of nitrogens with one attached hydrogen (secondary N) is 1. The fourth-order valence-corrected chi connectivity index (χ4v) is 2.96. The summed E-state index contributed by atoms with van der Waals surface area (Å²) in [4.78, 5) is 25.8. The van der Waals surface area contributed by atoms with E-state index in [2.05, 4.69) is 11.4 Å². The number of amides is 2. The summed E-state index contributed by atoms with van der Waals surface area (Å²) in [5, 5.41) is 2.99. The molecule has 1 atom stereocenters. The van der Waals surface area contributed by atoms with E-state index >= 15 is 0 Å². The average Bonchev–Trinajstić information content (AvgIpc) is 2.49. The largest absolute Gasteiger partial charge is 0.356 e. The molecule has 1 aliphatic rings. The molecule has 0 aromatic carbocycles. The van der Waals surface area contributed by atoms with Crippen molar-refractivity contribution in [2.45, 2.75) is 65.7 Å². The maximum atomic E-state index is 12.0. The number of hydrogen-bond acceptors (Lipinski definition) is 2. The van der Waals surface area contributed by atoms with Crippen molar-refractivity contribution in [3.05, 3.63) is 11.6 Å². The second-order valence-electron chi connectivity index (χ2n) is 6.29. The first-order chi connectivity index (χ1) is 10.6. The zero-order valence-corrected chi connectivity index (χ0v) is 14.5. The molecule has 0 heterocycles. The Hall–Kier alpha value is -1.32. The Bertz CT molecular complexity index is 387. The molecule has 0 unspecified atom stereocenters. The molecule has 0 saturated heterocycles. The van der Waals surface area contributed by atoms with E-state index in [9.17, 15) is 9.59 Å². The fraction of sp³-hybridized carbons (Fsp3) is 0.778. The molecule has 1 aliphatic carbocycles. The van der Waals surface area contributed by atoms with Crippen molar-refractivity contribution in [2.24, 2.45) is 5.92 Å². The molecule has 22 heavy (non-hydrogen) atoms. The molecule has 4 heteroatoms. The second kappa shape index (κ2) is 10.4. The lowest BCUT2D eigenvalue weighted by molar-refractivity contribution is -0.132. The Morgan fingerprint density at radius 3 is 2.55 bits per heavy atom. The molecule has 1 rings (SSSR count). The van der Waals surface area contributed by atoms with Gasteiger partial charge in [0.05, 0.1) is 0 Å². The first-order valence-electron chi connectivity index (χ1n) is 8.79. The predicted octanol–water partition coefficient (Wildman–Crippen LogP) is 3.28. The van der Waals surface area contributed by atoms with Crippen LogP contribution in [0.5, 0.6) is 0 Å². The summed E-state index contributed by atoms with van der Waals surface area (Å²) < 4.78 is 0. The number of nitrogens with zero attached hydrogens (tertiary/aromatic N) is 1. The number of allylic oxidation sites excluding steroid dienone is 1. The Balaban J connectivity index is 2.20. The molecule has 0 fully saturated rings. The highest BCUT2D eigenvalue weighted by atomic mass is 16.2. The van der Waals surface area contributed by atoms with E-state index in [0.717, 1.165) is 26.1 Å². The molecular weight excluding hydrogens is 276 g/mol. The van der Waals surface area contributed by atoms with Gasteiger partial charge in [-0.1, -0.05) is 18.6 Å². The molecule has 0 aliphatic heterocycles. The molecule has 0 spiro atoms. The van der Waals surface area contributed by atoms with E-state index in [4.69, 9.17) is 0 Å². The zero-order valence-electron chi connectivity index (χ0n) is 14.5. The summed E-state index contributed by atoms with van der Waals surface area (Å²) in [5.41, 5.74) is 1.48. The standard InChI is InChI=1S/C18H32N2O2/c1-4-20(5-2)18(22)14-15(3)13-17(21)19-12-11-16-9-7-6-8-10-16/h9,15H,4-8,10-14H2,1-3H3,(H,19,21)/t15-/m0/s1. The monoisotopic (exact) mass is 308 g/mol. The summed E-state index contributed by atoms with van der Waals surface area (Å²) in [6.45, 7) is 8.15. The third-order valence-corrected chi connectivity index (χ3v) is 4.33. The Kier molecular flexibility index (Phi) is 8.86. The van der Waals surface area contributed by atoms with E-state index in [1.807, 2.05) is 25.7 Å². The Morgan fingerprint density at radius 2 is 1.95 bits per heavy atom. The van der Waals surface area contributed by atoms with Crippen LogP contribution in [0, 0.1) is 5.92 Å². The van der Waals surface area contributed by atoms with Crippen molar-refractivity contribution in [2.75, 3.05) is 19.6 Å². The molecule has 2 amide bonds. The summed E-state index contributed by atoms with van der Waals surface area (Å²) in [5.74, 6) is 0.316. The molecule has 0 bridgehead atoms. The van der Waals surface area contributed by atoms with Gasteiger partial charge in [0, 0.05) is 32.5 Å². The maximum absolute atomic E-state index is 12.0. The number of carbonyl (C=O) groups excluding carboxylic acids is 2. The van der Waals surface area contributed by atoms with Crippen LogP contribution in [0.3, 0.4) is 0 Å². The molecule has 1 N–H and O–H groups in total. The van der Waals surface area contributed by atoms with Crippen molar-refractivity contribution in [1.82, 2.24) is 10.2 Å². The van der Waals surface area contributed by atoms with E-state index in [0.29, 0.717) is 12.8 Å². The van der Waals surface area contributed by atoms with Crippen molar-refractivity contribution < 1.29 is 9.59 Å². The van der Waals surface area contributed by atoms with Crippen LogP contribution in [0.25, 0.3) is 0 Å². The van der Waals surface area contributed by atoms with E-state index < -0.39 is 0 Å². The van der Waals surface area contributed by atoms with Gasteiger partial charge in [-0.2, -0.15) is 0 Å². The predicted molar refractivity (Wildman–Crippen MR) is 90.5 cm³/mol. The SMILES string of the molecule is CCN(CC)C(=O)C[C@@H](C)CC(=O)NCCC1=CCCCC1. The molecule has 4 nitrogen and oxygen atoms in total. The minimum absolute atomic E-state index is 0.0660. The van der Waals surface area contributed by atoms with E-state index in [1.165, 1.54) is 31.3 Å². The minimum atomic E-state index is 0.0660. The summed E-state index contributed by atoms with van der Waals surface area (Å²) >= 11 is 0. The maximum Gasteiger partial charge on any atom is 0.222 e. The first kappa shape index (κ1) is 18.7. The van der Waals surface area contributed by atoms with Crippen molar-refractivity contribution in [3.8, 4) is 0 Å². The Morgan fingerprint density at radius 1 is 1.23 bits per heavy atom. The van der Waals surface area contributed by atoms with E-state index in [1.54, 1.807) is 0 Å². The molecule has 0 aromatic rings. The molecule has 0 aromatic heterocycles. The van der Waals surface area contributed by atoms with Gasteiger partial charge in [0.2, 0.25) is 11.8 Å². The highest BCUT2D eigenvalue weighted by Gasteiger charge is 2.16. The lowest BCUT2D eigenvalue weighted by Gasteiger charge is -2.20. The lowest BCUT2D eigenvalue weighted by Crippen LogP contribution is -2.33. The van der Waals surface area contributed by atoms with Gasteiger partial charge in [0.25, 0.3) is 0 Å². The van der Waals surface area contributed by atoms with Gasteiger partial charge in [-0.25, -0.2) is 0 Å². The first-order valence-corrected chi connectivity index (χ1v) is 8.79. The van der Waals surface area contributed by atoms with Gasteiger partial charge >= 0.3 is 0 Å². The number of rotatable bonds is 9. The minimum Gasteiger partial charge on any atom is -0.356 e.